The molecule has 0 spiro atoms. The molecule has 0 aliphatic carbocycles. The molecule has 2 amide bonds. The van der Waals surface area contributed by atoms with E-state index in [1.165, 1.54) is 87.0 Å². The smallest absolute Gasteiger partial charge is 0.337 e. The Kier molecular flexibility index (Phi) is 8.51. The van der Waals surface area contributed by atoms with E-state index in [0.29, 0.717) is 42.7 Å². The first-order valence-electron chi connectivity index (χ1n) is 13.6. The Balaban J connectivity index is 1.18. The highest BCUT2D eigenvalue weighted by Crippen LogP contribution is 2.33. The first-order valence-corrected chi connectivity index (χ1v) is 16.7. The number of hydrogen-bond acceptors (Lipinski definition) is 12. The quantitative estimate of drug-likeness (QED) is 0.186. The fourth-order valence-corrected chi connectivity index (χ4v) is 7.74. The van der Waals surface area contributed by atoms with Crippen LogP contribution < -0.4 is 10.6 Å². The number of thiazole rings is 2. The second-order valence-corrected chi connectivity index (χ2v) is 13.9. The van der Waals surface area contributed by atoms with Crippen molar-refractivity contribution in [1.82, 2.24) is 9.97 Å². The molecule has 2 N–H and O–H groups in total. The van der Waals surface area contributed by atoms with Gasteiger partial charge in [-0.25, -0.2) is 28.0 Å². The molecule has 0 fully saturated rings. The standard InChI is InChI=1S/C32H22N4O8S3/c1-43-29(39)19-7-3-17(4-8-19)27(37)35-31-33-23-13-11-21(15-25(23)45-31)47(41,42)22-12-14-24-26(16-22)46-32(34-24)36-28(38)18-5-9-20(10-6-18)30(40)44-2/h3-16H,1-2H3,(H,33,35,37)(H,34,36,38). The lowest BCUT2D eigenvalue weighted by Gasteiger charge is -2.04. The van der Waals surface area contributed by atoms with Crippen LogP contribution in [0.25, 0.3) is 20.4 Å². The highest BCUT2D eigenvalue weighted by atomic mass is 32.2. The number of methoxy groups -OCH3 is 2. The molecular formula is C32H22N4O8S3. The van der Waals surface area contributed by atoms with Gasteiger partial charge in [0.15, 0.2) is 10.3 Å². The molecule has 0 radical (unpaired) electrons. The number of fused-ring (bicyclic) bond motifs is 2. The van der Waals surface area contributed by atoms with Crippen molar-refractivity contribution >= 4 is 87.0 Å². The molecule has 0 aliphatic rings. The van der Waals surface area contributed by atoms with Crippen LogP contribution in [0.5, 0.6) is 0 Å². The topological polar surface area (TPSA) is 171 Å². The Labute approximate surface area is 274 Å². The van der Waals surface area contributed by atoms with Gasteiger partial charge in [-0.05, 0) is 84.9 Å². The lowest BCUT2D eigenvalue weighted by Crippen LogP contribution is -2.12. The van der Waals surface area contributed by atoms with Crippen molar-refractivity contribution in [2.45, 2.75) is 9.79 Å². The summed E-state index contributed by atoms with van der Waals surface area (Å²) in [4.78, 5) is 57.6. The molecule has 12 nitrogen and oxygen atoms in total. The van der Waals surface area contributed by atoms with Gasteiger partial charge >= 0.3 is 11.9 Å². The summed E-state index contributed by atoms with van der Waals surface area (Å²) in [6, 6.07) is 20.9. The summed E-state index contributed by atoms with van der Waals surface area (Å²) in [5.74, 6) is -1.93. The van der Waals surface area contributed by atoms with Crippen LogP contribution in [0.15, 0.2) is 94.7 Å². The van der Waals surface area contributed by atoms with Crippen LogP contribution in [0.4, 0.5) is 10.3 Å². The summed E-state index contributed by atoms with van der Waals surface area (Å²) in [5, 5.41) is 5.96. The van der Waals surface area contributed by atoms with Gasteiger partial charge in [0, 0.05) is 11.1 Å². The molecule has 0 aliphatic heterocycles. The molecule has 0 bridgehead atoms. The molecule has 0 atom stereocenters. The number of sulfone groups is 1. The molecular weight excluding hydrogens is 665 g/mol. The second kappa shape index (κ2) is 12.7. The minimum Gasteiger partial charge on any atom is -0.465 e. The van der Waals surface area contributed by atoms with Crippen molar-refractivity contribution in [3.8, 4) is 0 Å². The Hall–Kier alpha value is -5.51. The van der Waals surface area contributed by atoms with E-state index in [-0.39, 0.29) is 20.1 Å². The van der Waals surface area contributed by atoms with Gasteiger partial charge in [0.1, 0.15) is 0 Å². The first kappa shape index (κ1) is 31.5. The molecule has 2 heterocycles. The minimum absolute atomic E-state index is 0.0396. The molecule has 236 valence electrons. The lowest BCUT2D eigenvalue weighted by atomic mass is 10.1. The number of carbonyl (C=O) groups is 4. The Bertz CT molecular complexity index is 2160. The van der Waals surface area contributed by atoms with Crippen LogP contribution in [0.1, 0.15) is 41.4 Å². The van der Waals surface area contributed by atoms with Gasteiger partial charge in [-0.15, -0.1) is 0 Å². The van der Waals surface area contributed by atoms with Crippen LogP contribution in [0, 0.1) is 0 Å². The van der Waals surface area contributed by atoms with Crippen molar-refractivity contribution in [2.75, 3.05) is 24.9 Å². The summed E-state index contributed by atoms with van der Waals surface area (Å²) >= 11 is 2.24. The zero-order valence-corrected chi connectivity index (χ0v) is 26.9. The minimum atomic E-state index is -3.95. The highest BCUT2D eigenvalue weighted by molar-refractivity contribution is 7.91. The summed E-state index contributed by atoms with van der Waals surface area (Å²) < 4.78 is 37.7. The second-order valence-electron chi connectivity index (χ2n) is 9.85. The molecule has 47 heavy (non-hydrogen) atoms. The molecule has 6 rings (SSSR count). The number of benzene rings is 4. The number of carbonyl (C=O) groups excluding carboxylic acids is 4. The van der Waals surface area contributed by atoms with Crippen LogP contribution >= 0.6 is 22.7 Å². The molecule has 15 heteroatoms. The van der Waals surface area contributed by atoms with E-state index in [1.54, 1.807) is 12.1 Å². The van der Waals surface area contributed by atoms with E-state index in [0.717, 1.165) is 22.7 Å². The number of aromatic nitrogens is 2. The van der Waals surface area contributed by atoms with Crippen LogP contribution in [-0.4, -0.2) is 56.4 Å². The van der Waals surface area contributed by atoms with E-state index >= 15 is 0 Å². The number of ether oxygens (including phenoxy) is 2. The average Bonchev–Trinajstić information content (AvgIpc) is 3.69. The third-order valence-electron chi connectivity index (χ3n) is 6.92. The van der Waals surface area contributed by atoms with Crippen molar-refractivity contribution in [3.05, 3.63) is 107 Å². The number of nitrogens with zero attached hydrogens (tertiary/aromatic N) is 2. The van der Waals surface area contributed by atoms with E-state index in [2.05, 4.69) is 30.1 Å². The largest absolute Gasteiger partial charge is 0.465 e. The molecule has 2 aromatic heterocycles. The van der Waals surface area contributed by atoms with Crippen LogP contribution in [-0.2, 0) is 19.3 Å². The maximum atomic E-state index is 13.6. The van der Waals surface area contributed by atoms with Gasteiger partial charge in [0.2, 0.25) is 9.84 Å². The summed E-state index contributed by atoms with van der Waals surface area (Å²) in [7, 11) is -1.42. The SMILES string of the molecule is COC(=O)c1ccc(C(=O)Nc2nc3ccc(S(=O)(=O)c4ccc5nc(NC(=O)c6ccc(C(=O)OC)cc6)sc5c4)cc3s2)cc1. The monoisotopic (exact) mass is 686 g/mol. The van der Waals surface area contributed by atoms with Crippen molar-refractivity contribution < 1.29 is 37.1 Å². The summed E-state index contributed by atoms with van der Waals surface area (Å²) in [6.07, 6.45) is 0. The number of amides is 2. The zero-order valence-electron chi connectivity index (χ0n) is 24.5. The van der Waals surface area contributed by atoms with Crippen LogP contribution in [0.3, 0.4) is 0 Å². The fourth-order valence-electron chi connectivity index (χ4n) is 4.48. The molecule has 0 saturated heterocycles. The third kappa shape index (κ3) is 6.44. The first-order chi connectivity index (χ1) is 22.5. The fraction of sp³-hybridized carbons (Fsp3) is 0.0625. The van der Waals surface area contributed by atoms with Crippen molar-refractivity contribution in [2.24, 2.45) is 0 Å². The van der Waals surface area contributed by atoms with Crippen LogP contribution in [0.2, 0.25) is 0 Å². The number of nitrogens with one attached hydrogen (secondary N) is 2. The zero-order chi connectivity index (χ0) is 33.3. The third-order valence-corrected chi connectivity index (χ3v) is 10.5. The van der Waals surface area contributed by atoms with Gasteiger partial charge in [-0.2, -0.15) is 0 Å². The summed E-state index contributed by atoms with van der Waals surface area (Å²) in [5.41, 5.74) is 2.22. The maximum absolute atomic E-state index is 13.6. The van der Waals surface area contributed by atoms with Crippen molar-refractivity contribution in [1.29, 1.82) is 0 Å². The Morgan fingerprint density at radius 3 is 1.30 bits per heavy atom. The number of hydrogen-bond donors (Lipinski definition) is 2. The normalized spacial score (nSPS) is 11.3. The van der Waals surface area contributed by atoms with E-state index < -0.39 is 33.6 Å². The number of rotatable bonds is 8. The van der Waals surface area contributed by atoms with E-state index in [1.807, 2.05) is 0 Å². The molecule has 4 aromatic carbocycles. The average molecular weight is 687 g/mol. The Morgan fingerprint density at radius 1 is 0.574 bits per heavy atom. The molecule has 0 unspecified atom stereocenters. The van der Waals surface area contributed by atoms with E-state index in [9.17, 15) is 27.6 Å². The lowest BCUT2D eigenvalue weighted by molar-refractivity contribution is 0.0592. The van der Waals surface area contributed by atoms with Gasteiger partial charge in [0.25, 0.3) is 11.8 Å². The highest BCUT2D eigenvalue weighted by Gasteiger charge is 2.21. The predicted molar refractivity (Wildman–Crippen MR) is 176 cm³/mol. The molecule has 6 aromatic rings. The summed E-state index contributed by atoms with van der Waals surface area (Å²) in [6.45, 7) is 0. The van der Waals surface area contributed by atoms with Gasteiger partial charge < -0.3 is 9.47 Å². The Morgan fingerprint density at radius 2 is 0.936 bits per heavy atom. The molecule has 0 saturated carbocycles. The maximum Gasteiger partial charge on any atom is 0.337 e. The van der Waals surface area contributed by atoms with Gasteiger partial charge in [-0.1, -0.05) is 22.7 Å². The van der Waals surface area contributed by atoms with Gasteiger partial charge in [-0.3, -0.25) is 20.2 Å². The number of esters is 2. The predicted octanol–water partition coefficient (Wildman–Crippen LogP) is 5.82. The van der Waals surface area contributed by atoms with Gasteiger partial charge in [0.05, 0.1) is 55.6 Å². The number of anilines is 2. The van der Waals surface area contributed by atoms with E-state index in [4.69, 9.17) is 0 Å². The van der Waals surface area contributed by atoms with Crippen molar-refractivity contribution in [3.63, 3.8) is 0 Å².